The standard InChI is InChI=1S/C14H16N2O/c17-14-10-13(11-6-4-5-7-11)15-16(14)12-8-2-1-3-9-12/h1-3,8-9,11H,4-7,10H2. The Labute approximate surface area is 101 Å². The van der Waals surface area contributed by atoms with Crippen molar-refractivity contribution in [1.82, 2.24) is 0 Å². The molecule has 0 spiro atoms. The maximum atomic E-state index is 12.0. The van der Waals surface area contributed by atoms with E-state index >= 15 is 0 Å². The van der Waals surface area contributed by atoms with E-state index in [0.717, 1.165) is 11.4 Å². The van der Waals surface area contributed by atoms with Crippen molar-refractivity contribution in [2.75, 3.05) is 5.01 Å². The SMILES string of the molecule is O=C1CC(C2CCCC2)=NN1c1ccccc1. The number of carbonyl (C=O) groups is 1. The van der Waals surface area contributed by atoms with Crippen molar-refractivity contribution in [1.29, 1.82) is 0 Å². The van der Waals surface area contributed by atoms with E-state index in [4.69, 9.17) is 0 Å². The fraction of sp³-hybridized carbons (Fsp3) is 0.429. The molecule has 88 valence electrons. The van der Waals surface area contributed by atoms with Crippen LogP contribution in [0.25, 0.3) is 0 Å². The first kappa shape index (κ1) is 10.5. The lowest BCUT2D eigenvalue weighted by atomic mass is 10.00. The van der Waals surface area contributed by atoms with Gasteiger partial charge in [0.25, 0.3) is 5.91 Å². The van der Waals surface area contributed by atoms with Crippen LogP contribution in [-0.4, -0.2) is 11.6 Å². The Balaban J connectivity index is 1.84. The van der Waals surface area contributed by atoms with E-state index in [-0.39, 0.29) is 5.91 Å². The van der Waals surface area contributed by atoms with Crippen LogP contribution in [0.4, 0.5) is 5.69 Å². The third-order valence-electron chi connectivity index (χ3n) is 3.62. The summed E-state index contributed by atoms with van der Waals surface area (Å²) in [6.07, 6.45) is 5.48. The molecule has 0 atom stereocenters. The maximum Gasteiger partial charge on any atom is 0.253 e. The van der Waals surface area contributed by atoms with Crippen LogP contribution in [-0.2, 0) is 4.79 Å². The fourth-order valence-corrected chi connectivity index (χ4v) is 2.71. The predicted octanol–water partition coefficient (Wildman–Crippen LogP) is 2.97. The molecule has 0 unspecified atom stereocenters. The Morgan fingerprint density at radius 2 is 1.82 bits per heavy atom. The van der Waals surface area contributed by atoms with Gasteiger partial charge in [-0.15, -0.1) is 0 Å². The van der Waals surface area contributed by atoms with E-state index < -0.39 is 0 Å². The van der Waals surface area contributed by atoms with Gasteiger partial charge in [-0.2, -0.15) is 5.10 Å². The van der Waals surface area contributed by atoms with Crippen molar-refractivity contribution in [3.8, 4) is 0 Å². The molecule has 1 aromatic rings. The lowest BCUT2D eigenvalue weighted by molar-refractivity contribution is -0.116. The molecule has 3 rings (SSSR count). The predicted molar refractivity (Wildman–Crippen MR) is 67.9 cm³/mol. The number of nitrogens with zero attached hydrogens (tertiary/aromatic N) is 2. The van der Waals surface area contributed by atoms with E-state index in [0.29, 0.717) is 12.3 Å². The molecule has 0 radical (unpaired) electrons. The van der Waals surface area contributed by atoms with Crippen LogP contribution in [0.1, 0.15) is 32.1 Å². The molecule has 3 heteroatoms. The van der Waals surface area contributed by atoms with Gasteiger partial charge in [-0.3, -0.25) is 4.79 Å². The number of para-hydroxylation sites is 1. The number of rotatable bonds is 2. The van der Waals surface area contributed by atoms with Gasteiger partial charge in [0.05, 0.1) is 17.8 Å². The molecule has 1 saturated carbocycles. The van der Waals surface area contributed by atoms with Crippen LogP contribution >= 0.6 is 0 Å². The zero-order chi connectivity index (χ0) is 11.7. The highest BCUT2D eigenvalue weighted by Gasteiger charge is 2.31. The number of hydrogen-bond acceptors (Lipinski definition) is 2. The van der Waals surface area contributed by atoms with Crippen LogP contribution in [0.5, 0.6) is 0 Å². The largest absolute Gasteiger partial charge is 0.272 e. The number of benzene rings is 1. The quantitative estimate of drug-likeness (QED) is 0.766. The van der Waals surface area contributed by atoms with Gasteiger partial charge >= 0.3 is 0 Å². The molecule has 0 N–H and O–H groups in total. The number of hydrazone groups is 1. The second kappa shape index (κ2) is 4.32. The molecule has 0 aromatic heterocycles. The summed E-state index contributed by atoms with van der Waals surface area (Å²) in [7, 11) is 0. The third kappa shape index (κ3) is 1.97. The fourth-order valence-electron chi connectivity index (χ4n) is 2.71. The number of hydrogen-bond donors (Lipinski definition) is 0. The second-order valence-electron chi connectivity index (χ2n) is 4.79. The highest BCUT2D eigenvalue weighted by Crippen LogP contribution is 2.31. The molecule has 1 amide bonds. The van der Waals surface area contributed by atoms with Crippen LogP contribution in [0.2, 0.25) is 0 Å². The zero-order valence-corrected chi connectivity index (χ0v) is 9.80. The van der Waals surface area contributed by atoms with E-state index in [1.165, 1.54) is 25.7 Å². The molecule has 1 heterocycles. The van der Waals surface area contributed by atoms with Gasteiger partial charge < -0.3 is 0 Å². The summed E-state index contributed by atoms with van der Waals surface area (Å²) in [4.78, 5) is 12.0. The molecule has 2 aliphatic rings. The molecule has 17 heavy (non-hydrogen) atoms. The Kier molecular flexibility index (Phi) is 2.67. The van der Waals surface area contributed by atoms with Crippen molar-refractivity contribution in [3.63, 3.8) is 0 Å². The summed E-state index contributed by atoms with van der Waals surface area (Å²) < 4.78 is 0. The molecule has 0 bridgehead atoms. The minimum atomic E-state index is 0.109. The Hall–Kier alpha value is -1.64. The van der Waals surface area contributed by atoms with Crippen molar-refractivity contribution in [2.24, 2.45) is 11.0 Å². The van der Waals surface area contributed by atoms with Gasteiger partial charge in [-0.05, 0) is 30.9 Å². The van der Waals surface area contributed by atoms with Gasteiger partial charge in [0, 0.05) is 0 Å². The maximum absolute atomic E-state index is 12.0. The number of carbonyl (C=O) groups excluding carboxylic acids is 1. The minimum Gasteiger partial charge on any atom is -0.272 e. The van der Waals surface area contributed by atoms with Crippen LogP contribution < -0.4 is 5.01 Å². The highest BCUT2D eigenvalue weighted by atomic mass is 16.2. The lowest BCUT2D eigenvalue weighted by Crippen LogP contribution is -2.19. The summed E-state index contributed by atoms with van der Waals surface area (Å²) in [5, 5.41) is 6.08. The first-order valence-corrected chi connectivity index (χ1v) is 6.30. The lowest BCUT2D eigenvalue weighted by Gasteiger charge is -2.11. The topological polar surface area (TPSA) is 32.7 Å². The third-order valence-corrected chi connectivity index (χ3v) is 3.62. The molecular weight excluding hydrogens is 212 g/mol. The summed E-state index contributed by atoms with van der Waals surface area (Å²) in [5.41, 5.74) is 1.97. The van der Waals surface area contributed by atoms with Crippen molar-refractivity contribution in [3.05, 3.63) is 30.3 Å². The Morgan fingerprint density at radius 1 is 1.12 bits per heavy atom. The first-order chi connectivity index (χ1) is 8.34. The van der Waals surface area contributed by atoms with Gasteiger partial charge in [0.1, 0.15) is 0 Å². The molecule has 1 aliphatic carbocycles. The smallest absolute Gasteiger partial charge is 0.253 e. The Bertz CT molecular complexity index is 447. The Morgan fingerprint density at radius 3 is 2.53 bits per heavy atom. The van der Waals surface area contributed by atoms with Crippen molar-refractivity contribution >= 4 is 17.3 Å². The molecule has 1 aliphatic heterocycles. The molecule has 0 saturated heterocycles. The van der Waals surface area contributed by atoms with Crippen molar-refractivity contribution in [2.45, 2.75) is 32.1 Å². The first-order valence-electron chi connectivity index (χ1n) is 6.30. The summed E-state index contributed by atoms with van der Waals surface area (Å²) in [6, 6.07) is 9.68. The van der Waals surface area contributed by atoms with E-state index in [9.17, 15) is 4.79 Å². The highest BCUT2D eigenvalue weighted by molar-refractivity contribution is 6.13. The van der Waals surface area contributed by atoms with E-state index in [1.54, 1.807) is 5.01 Å². The van der Waals surface area contributed by atoms with Gasteiger partial charge in [-0.1, -0.05) is 31.0 Å². The van der Waals surface area contributed by atoms with Gasteiger partial charge in [0.2, 0.25) is 0 Å². The molecule has 1 fully saturated rings. The second-order valence-corrected chi connectivity index (χ2v) is 4.79. The van der Waals surface area contributed by atoms with Crippen molar-refractivity contribution < 1.29 is 4.79 Å². The van der Waals surface area contributed by atoms with Crippen LogP contribution in [0, 0.1) is 5.92 Å². The van der Waals surface area contributed by atoms with Crippen LogP contribution in [0.15, 0.2) is 35.4 Å². The molecular formula is C14H16N2O. The zero-order valence-electron chi connectivity index (χ0n) is 9.80. The minimum absolute atomic E-state index is 0.109. The normalized spacial score (nSPS) is 21.1. The van der Waals surface area contributed by atoms with Gasteiger partial charge in [-0.25, -0.2) is 5.01 Å². The monoisotopic (exact) mass is 228 g/mol. The summed E-state index contributed by atoms with van der Waals surface area (Å²) >= 11 is 0. The van der Waals surface area contributed by atoms with Crippen LogP contribution in [0.3, 0.4) is 0 Å². The molecule has 1 aromatic carbocycles. The molecule has 3 nitrogen and oxygen atoms in total. The summed E-state index contributed by atoms with van der Waals surface area (Å²) in [5.74, 6) is 0.658. The number of anilines is 1. The van der Waals surface area contributed by atoms with E-state index in [2.05, 4.69) is 5.10 Å². The average Bonchev–Trinajstić information content (AvgIpc) is 2.99. The number of amides is 1. The van der Waals surface area contributed by atoms with E-state index in [1.807, 2.05) is 30.3 Å². The van der Waals surface area contributed by atoms with Gasteiger partial charge in [0.15, 0.2) is 0 Å². The average molecular weight is 228 g/mol. The summed E-state index contributed by atoms with van der Waals surface area (Å²) in [6.45, 7) is 0.